The summed E-state index contributed by atoms with van der Waals surface area (Å²) in [6.45, 7) is 1.87. The number of rotatable bonds is 3. The topological polar surface area (TPSA) is 43.1 Å². The highest BCUT2D eigenvalue weighted by molar-refractivity contribution is 6.31. The van der Waals surface area contributed by atoms with Gasteiger partial charge in [0.25, 0.3) is 0 Å². The minimum atomic E-state index is -0.337. The summed E-state index contributed by atoms with van der Waals surface area (Å²) in [6, 6.07) is 5.55. The first-order valence-electron chi connectivity index (χ1n) is 3.96. The van der Waals surface area contributed by atoms with E-state index >= 15 is 0 Å². The molecule has 0 aliphatic heterocycles. The number of halogens is 1. The average molecular weight is 200 g/mol. The van der Waals surface area contributed by atoms with Gasteiger partial charge in [0.2, 0.25) is 6.54 Å². The summed E-state index contributed by atoms with van der Waals surface area (Å²) >= 11 is 5.89. The van der Waals surface area contributed by atoms with Crippen molar-refractivity contribution in [2.75, 3.05) is 6.54 Å². The van der Waals surface area contributed by atoms with Crippen molar-refractivity contribution in [1.82, 2.24) is 0 Å². The van der Waals surface area contributed by atoms with Gasteiger partial charge in [0, 0.05) is 16.4 Å². The van der Waals surface area contributed by atoms with Gasteiger partial charge < -0.3 is 0 Å². The van der Waals surface area contributed by atoms with Crippen LogP contribution in [0.25, 0.3) is 0 Å². The molecule has 0 saturated heterocycles. The predicted molar refractivity (Wildman–Crippen MR) is 51.8 cm³/mol. The second-order valence-corrected chi connectivity index (χ2v) is 3.31. The van der Waals surface area contributed by atoms with Crippen LogP contribution in [-0.4, -0.2) is 11.5 Å². The molecule has 0 bridgehead atoms. The van der Waals surface area contributed by atoms with E-state index in [2.05, 4.69) is 0 Å². The molecule has 0 aromatic heterocycles. The molecule has 0 amide bonds. The second-order valence-electron chi connectivity index (χ2n) is 2.90. The molecule has 70 valence electrons. The van der Waals surface area contributed by atoms with Crippen LogP contribution in [0.2, 0.25) is 5.02 Å². The lowest BCUT2D eigenvalue weighted by molar-refractivity contribution is -0.479. The Bertz CT molecular complexity index is 325. The maximum Gasteiger partial charge on any atom is 0.207 e. The van der Waals surface area contributed by atoms with E-state index in [4.69, 9.17) is 11.6 Å². The summed E-state index contributed by atoms with van der Waals surface area (Å²) in [5.41, 5.74) is 1.90. The quantitative estimate of drug-likeness (QED) is 0.555. The average Bonchev–Trinajstić information content (AvgIpc) is 2.02. The number of nitro groups is 1. The zero-order chi connectivity index (χ0) is 9.84. The lowest BCUT2D eigenvalue weighted by atomic mass is 10.1. The lowest BCUT2D eigenvalue weighted by Gasteiger charge is -2.01. The van der Waals surface area contributed by atoms with Crippen molar-refractivity contribution in [3.63, 3.8) is 0 Å². The molecule has 0 heterocycles. The van der Waals surface area contributed by atoms with E-state index in [1.54, 1.807) is 0 Å². The zero-order valence-corrected chi connectivity index (χ0v) is 8.04. The van der Waals surface area contributed by atoms with Gasteiger partial charge in [0.15, 0.2) is 0 Å². The van der Waals surface area contributed by atoms with Crippen LogP contribution in [0.5, 0.6) is 0 Å². The van der Waals surface area contributed by atoms with E-state index in [1.165, 1.54) is 0 Å². The largest absolute Gasteiger partial charge is 0.265 e. The molecule has 0 aliphatic rings. The standard InChI is InChI=1S/C9H10ClNO2/c1-7-2-3-8(9(10)6-7)4-5-11(12)13/h2-3,6H,4-5H2,1H3. The summed E-state index contributed by atoms with van der Waals surface area (Å²) in [6.07, 6.45) is 0.395. The van der Waals surface area contributed by atoms with Crippen molar-refractivity contribution in [2.24, 2.45) is 0 Å². The van der Waals surface area contributed by atoms with Crippen molar-refractivity contribution in [3.05, 3.63) is 44.5 Å². The molecule has 0 unspecified atom stereocenters. The first-order chi connectivity index (χ1) is 6.09. The van der Waals surface area contributed by atoms with Crippen molar-refractivity contribution in [2.45, 2.75) is 13.3 Å². The molecule has 1 aromatic carbocycles. The molecule has 0 N–H and O–H groups in total. The van der Waals surface area contributed by atoms with Crippen LogP contribution in [0.4, 0.5) is 0 Å². The Hall–Kier alpha value is -1.09. The molecule has 3 nitrogen and oxygen atoms in total. The Morgan fingerprint density at radius 1 is 1.54 bits per heavy atom. The third-order valence-electron chi connectivity index (χ3n) is 1.77. The maximum absolute atomic E-state index is 10.1. The maximum atomic E-state index is 10.1. The molecule has 0 radical (unpaired) electrons. The third kappa shape index (κ3) is 3.03. The van der Waals surface area contributed by atoms with Crippen LogP contribution in [0.3, 0.4) is 0 Å². The Morgan fingerprint density at radius 3 is 2.77 bits per heavy atom. The number of benzene rings is 1. The van der Waals surface area contributed by atoms with Crippen LogP contribution in [0, 0.1) is 17.0 Å². The molecule has 0 aliphatic carbocycles. The highest BCUT2D eigenvalue weighted by Crippen LogP contribution is 2.17. The highest BCUT2D eigenvalue weighted by Gasteiger charge is 2.03. The predicted octanol–water partition coefficient (Wildman–Crippen LogP) is 2.47. The smallest absolute Gasteiger partial charge is 0.207 e. The Balaban J connectivity index is 2.72. The first-order valence-corrected chi connectivity index (χ1v) is 4.34. The number of nitrogens with zero attached hydrogens (tertiary/aromatic N) is 1. The molecule has 13 heavy (non-hydrogen) atoms. The molecule has 0 fully saturated rings. The normalized spacial score (nSPS) is 10.0. The molecule has 4 heteroatoms. The van der Waals surface area contributed by atoms with Gasteiger partial charge >= 0.3 is 0 Å². The van der Waals surface area contributed by atoms with Gasteiger partial charge in [-0.3, -0.25) is 10.1 Å². The van der Waals surface area contributed by atoms with Crippen LogP contribution >= 0.6 is 11.6 Å². The first kappa shape index (κ1) is 9.99. The number of hydrogen-bond acceptors (Lipinski definition) is 2. The summed E-state index contributed by atoms with van der Waals surface area (Å²) in [5.74, 6) is 0. The monoisotopic (exact) mass is 199 g/mol. The van der Waals surface area contributed by atoms with Crippen LogP contribution in [0.15, 0.2) is 18.2 Å². The number of aryl methyl sites for hydroxylation is 1. The van der Waals surface area contributed by atoms with Crippen LogP contribution < -0.4 is 0 Å². The fourth-order valence-electron chi connectivity index (χ4n) is 1.07. The van der Waals surface area contributed by atoms with Gasteiger partial charge in [-0.1, -0.05) is 23.7 Å². The van der Waals surface area contributed by atoms with Gasteiger partial charge in [-0.25, -0.2) is 0 Å². The van der Waals surface area contributed by atoms with E-state index in [0.29, 0.717) is 11.4 Å². The number of hydrogen-bond donors (Lipinski definition) is 0. The van der Waals surface area contributed by atoms with E-state index in [0.717, 1.165) is 11.1 Å². The summed E-state index contributed by atoms with van der Waals surface area (Å²) in [7, 11) is 0. The second kappa shape index (κ2) is 4.23. The van der Waals surface area contributed by atoms with Crippen molar-refractivity contribution in [1.29, 1.82) is 0 Å². The van der Waals surface area contributed by atoms with Crippen LogP contribution in [0.1, 0.15) is 11.1 Å². The van der Waals surface area contributed by atoms with Gasteiger partial charge in [-0.15, -0.1) is 0 Å². The fourth-order valence-corrected chi connectivity index (χ4v) is 1.40. The molecular formula is C9H10ClNO2. The van der Waals surface area contributed by atoms with Crippen molar-refractivity contribution < 1.29 is 4.92 Å². The molecule has 0 spiro atoms. The van der Waals surface area contributed by atoms with Crippen molar-refractivity contribution >= 4 is 11.6 Å². The Kier molecular flexibility index (Phi) is 3.25. The SMILES string of the molecule is Cc1ccc(CC[N+](=O)[O-])c(Cl)c1. The minimum Gasteiger partial charge on any atom is -0.265 e. The molecular weight excluding hydrogens is 190 g/mol. The zero-order valence-electron chi connectivity index (χ0n) is 7.29. The molecule has 0 atom stereocenters. The van der Waals surface area contributed by atoms with E-state index in [-0.39, 0.29) is 11.5 Å². The summed E-state index contributed by atoms with van der Waals surface area (Å²) < 4.78 is 0. The summed E-state index contributed by atoms with van der Waals surface area (Å²) in [5, 5.41) is 10.7. The van der Waals surface area contributed by atoms with E-state index < -0.39 is 0 Å². The third-order valence-corrected chi connectivity index (χ3v) is 2.12. The minimum absolute atomic E-state index is 0.0667. The van der Waals surface area contributed by atoms with E-state index in [1.807, 2.05) is 25.1 Å². The molecule has 1 rings (SSSR count). The Morgan fingerprint density at radius 2 is 2.23 bits per heavy atom. The van der Waals surface area contributed by atoms with E-state index in [9.17, 15) is 10.1 Å². The summed E-state index contributed by atoms with van der Waals surface area (Å²) in [4.78, 5) is 9.78. The van der Waals surface area contributed by atoms with Gasteiger partial charge in [-0.05, 0) is 24.1 Å². The van der Waals surface area contributed by atoms with Crippen LogP contribution in [-0.2, 0) is 6.42 Å². The highest BCUT2D eigenvalue weighted by atomic mass is 35.5. The van der Waals surface area contributed by atoms with Gasteiger partial charge in [0.05, 0.1) is 0 Å². The van der Waals surface area contributed by atoms with Crippen molar-refractivity contribution in [3.8, 4) is 0 Å². The Labute approximate surface area is 81.5 Å². The molecule has 1 aromatic rings. The van der Waals surface area contributed by atoms with Gasteiger partial charge in [0.1, 0.15) is 0 Å². The molecule has 0 saturated carbocycles. The lowest BCUT2D eigenvalue weighted by Crippen LogP contribution is -2.04. The fraction of sp³-hybridized carbons (Fsp3) is 0.333. The van der Waals surface area contributed by atoms with Gasteiger partial charge in [-0.2, -0.15) is 0 Å².